The number of rotatable bonds is 2. The first kappa shape index (κ1) is 13.3. The van der Waals surface area contributed by atoms with Crippen LogP contribution in [0.1, 0.15) is 43.2 Å². The SMILES string of the molecule is Cc1nc(NC(=O)NC2CCCCC2C)sc1C. The summed E-state index contributed by atoms with van der Waals surface area (Å²) in [4.78, 5) is 17.3. The standard InChI is InChI=1S/C13H21N3OS/c1-8-6-4-5-7-11(8)15-12(17)16-13-14-9(2)10(3)18-13/h8,11H,4-7H2,1-3H3,(H2,14,15,16,17). The first-order valence-corrected chi connectivity index (χ1v) is 7.39. The lowest BCUT2D eigenvalue weighted by atomic mass is 9.86. The zero-order chi connectivity index (χ0) is 13.1. The molecule has 5 heteroatoms. The van der Waals surface area contributed by atoms with Crippen molar-refractivity contribution < 1.29 is 4.79 Å². The van der Waals surface area contributed by atoms with Crippen LogP contribution in [0.3, 0.4) is 0 Å². The van der Waals surface area contributed by atoms with Gasteiger partial charge < -0.3 is 5.32 Å². The number of amides is 2. The van der Waals surface area contributed by atoms with Gasteiger partial charge in [0.25, 0.3) is 0 Å². The molecule has 2 amide bonds. The Bertz CT molecular complexity index is 410. The minimum absolute atomic E-state index is 0.123. The highest BCUT2D eigenvalue weighted by Crippen LogP contribution is 2.24. The lowest BCUT2D eigenvalue weighted by Crippen LogP contribution is -2.43. The van der Waals surface area contributed by atoms with Crippen molar-refractivity contribution in [2.75, 3.05) is 5.32 Å². The minimum Gasteiger partial charge on any atom is -0.335 e. The zero-order valence-electron chi connectivity index (χ0n) is 11.2. The van der Waals surface area contributed by atoms with Crippen LogP contribution in [-0.2, 0) is 0 Å². The first-order valence-electron chi connectivity index (χ1n) is 6.58. The molecule has 2 atom stereocenters. The fourth-order valence-electron chi connectivity index (χ4n) is 2.36. The van der Waals surface area contributed by atoms with Crippen molar-refractivity contribution in [2.24, 2.45) is 5.92 Å². The third-order valence-electron chi connectivity index (χ3n) is 3.68. The van der Waals surface area contributed by atoms with E-state index in [9.17, 15) is 4.79 Å². The lowest BCUT2D eigenvalue weighted by Gasteiger charge is -2.29. The monoisotopic (exact) mass is 267 g/mol. The molecule has 0 spiro atoms. The van der Waals surface area contributed by atoms with Crippen LogP contribution in [0.15, 0.2) is 0 Å². The van der Waals surface area contributed by atoms with Gasteiger partial charge in [-0.2, -0.15) is 0 Å². The molecule has 0 aliphatic heterocycles. The Balaban J connectivity index is 1.88. The average molecular weight is 267 g/mol. The predicted molar refractivity (Wildman–Crippen MR) is 75.2 cm³/mol. The molecule has 18 heavy (non-hydrogen) atoms. The molecule has 4 nitrogen and oxygen atoms in total. The second-order valence-corrected chi connectivity index (χ2v) is 6.33. The third-order valence-corrected chi connectivity index (χ3v) is 4.67. The molecule has 2 unspecified atom stereocenters. The summed E-state index contributed by atoms with van der Waals surface area (Å²) in [7, 11) is 0. The maximum absolute atomic E-state index is 11.9. The molecule has 2 N–H and O–H groups in total. The summed E-state index contributed by atoms with van der Waals surface area (Å²) in [6, 6.07) is 0.184. The molecular weight excluding hydrogens is 246 g/mol. The van der Waals surface area contributed by atoms with Gasteiger partial charge in [-0.3, -0.25) is 5.32 Å². The zero-order valence-corrected chi connectivity index (χ0v) is 12.1. The summed E-state index contributed by atoms with van der Waals surface area (Å²) in [5.74, 6) is 0.573. The van der Waals surface area contributed by atoms with Crippen molar-refractivity contribution in [2.45, 2.75) is 52.5 Å². The van der Waals surface area contributed by atoms with E-state index in [0.29, 0.717) is 17.1 Å². The number of carbonyl (C=O) groups excluding carboxylic acids is 1. The van der Waals surface area contributed by atoms with Gasteiger partial charge in [0.15, 0.2) is 5.13 Å². The molecule has 1 aromatic rings. The van der Waals surface area contributed by atoms with Gasteiger partial charge in [0, 0.05) is 10.9 Å². The Labute approximate surface area is 112 Å². The highest BCUT2D eigenvalue weighted by Gasteiger charge is 2.23. The largest absolute Gasteiger partial charge is 0.335 e. The van der Waals surface area contributed by atoms with Crippen LogP contribution < -0.4 is 10.6 Å². The van der Waals surface area contributed by atoms with E-state index >= 15 is 0 Å². The fraction of sp³-hybridized carbons (Fsp3) is 0.692. The van der Waals surface area contributed by atoms with Crippen LogP contribution in [0.25, 0.3) is 0 Å². The van der Waals surface area contributed by atoms with Gasteiger partial charge in [0.05, 0.1) is 5.69 Å². The van der Waals surface area contributed by atoms with E-state index in [4.69, 9.17) is 0 Å². The van der Waals surface area contributed by atoms with Crippen molar-refractivity contribution >= 4 is 22.5 Å². The molecule has 0 saturated heterocycles. The number of hydrogen-bond donors (Lipinski definition) is 2. The first-order chi connectivity index (χ1) is 8.56. The van der Waals surface area contributed by atoms with Crippen LogP contribution in [0.4, 0.5) is 9.93 Å². The van der Waals surface area contributed by atoms with Crippen molar-refractivity contribution in [3.05, 3.63) is 10.6 Å². The third kappa shape index (κ3) is 3.22. The Morgan fingerprint density at radius 2 is 2.06 bits per heavy atom. The minimum atomic E-state index is -0.123. The summed E-state index contributed by atoms with van der Waals surface area (Å²) >= 11 is 1.52. The van der Waals surface area contributed by atoms with E-state index in [-0.39, 0.29) is 6.03 Å². The summed E-state index contributed by atoms with van der Waals surface area (Å²) in [5, 5.41) is 6.58. The quantitative estimate of drug-likeness (QED) is 0.862. The van der Waals surface area contributed by atoms with E-state index in [1.54, 1.807) is 0 Å². The van der Waals surface area contributed by atoms with Gasteiger partial charge in [-0.05, 0) is 32.6 Å². The van der Waals surface area contributed by atoms with Gasteiger partial charge in [-0.15, -0.1) is 11.3 Å². The smallest absolute Gasteiger partial charge is 0.321 e. The van der Waals surface area contributed by atoms with Crippen molar-refractivity contribution in [1.82, 2.24) is 10.3 Å². The van der Waals surface area contributed by atoms with Crippen LogP contribution in [0.2, 0.25) is 0 Å². The Kier molecular flexibility index (Phi) is 4.22. The van der Waals surface area contributed by atoms with Crippen molar-refractivity contribution in [3.8, 4) is 0 Å². The number of thiazole rings is 1. The van der Waals surface area contributed by atoms with Crippen LogP contribution in [0.5, 0.6) is 0 Å². The van der Waals surface area contributed by atoms with Gasteiger partial charge in [-0.25, -0.2) is 9.78 Å². The summed E-state index contributed by atoms with van der Waals surface area (Å²) in [6.45, 7) is 6.18. The van der Waals surface area contributed by atoms with Crippen molar-refractivity contribution in [1.29, 1.82) is 0 Å². The maximum Gasteiger partial charge on any atom is 0.321 e. The van der Waals surface area contributed by atoms with Gasteiger partial charge in [0.2, 0.25) is 0 Å². The number of anilines is 1. The number of carbonyl (C=O) groups is 1. The van der Waals surface area contributed by atoms with Gasteiger partial charge in [0.1, 0.15) is 0 Å². The van der Waals surface area contributed by atoms with E-state index in [2.05, 4.69) is 22.5 Å². The normalized spacial score (nSPS) is 23.7. The molecule has 0 bridgehead atoms. The lowest BCUT2D eigenvalue weighted by molar-refractivity contribution is 0.232. The summed E-state index contributed by atoms with van der Waals surface area (Å²) in [5.41, 5.74) is 0.987. The molecule has 0 radical (unpaired) electrons. The molecule has 1 aromatic heterocycles. The molecule has 100 valence electrons. The molecule has 1 aliphatic rings. The Hall–Kier alpha value is -1.10. The molecule has 1 heterocycles. The van der Waals surface area contributed by atoms with E-state index in [1.807, 2.05) is 13.8 Å². The predicted octanol–water partition coefficient (Wildman–Crippen LogP) is 3.46. The van der Waals surface area contributed by atoms with Crippen molar-refractivity contribution in [3.63, 3.8) is 0 Å². The molecule has 2 rings (SSSR count). The fourth-order valence-corrected chi connectivity index (χ4v) is 3.17. The molecule has 0 aromatic carbocycles. The Morgan fingerprint density at radius 3 is 2.67 bits per heavy atom. The molecular formula is C13H21N3OS. The second kappa shape index (κ2) is 5.69. The maximum atomic E-state index is 11.9. The van der Waals surface area contributed by atoms with E-state index in [0.717, 1.165) is 17.0 Å². The molecule has 1 fully saturated rings. The highest BCUT2D eigenvalue weighted by molar-refractivity contribution is 7.15. The summed E-state index contributed by atoms with van der Waals surface area (Å²) in [6.07, 6.45) is 4.79. The number of nitrogens with zero attached hydrogens (tertiary/aromatic N) is 1. The van der Waals surface area contributed by atoms with E-state index < -0.39 is 0 Å². The van der Waals surface area contributed by atoms with E-state index in [1.165, 1.54) is 30.6 Å². The average Bonchev–Trinajstić information content (AvgIpc) is 2.61. The Morgan fingerprint density at radius 1 is 1.33 bits per heavy atom. The number of hydrogen-bond acceptors (Lipinski definition) is 3. The van der Waals surface area contributed by atoms with Crippen LogP contribution in [0, 0.1) is 19.8 Å². The highest BCUT2D eigenvalue weighted by atomic mass is 32.1. The number of nitrogens with one attached hydrogen (secondary N) is 2. The molecule has 1 aliphatic carbocycles. The molecule has 1 saturated carbocycles. The summed E-state index contributed by atoms with van der Waals surface area (Å²) < 4.78 is 0. The number of aromatic nitrogens is 1. The second-order valence-electron chi connectivity index (χ2n) is 5.13. The van der Waals surface area contributed by atoms with Gasteiger partial charge in [-0.1, -0.05) is 19.8 Å². The number of urea groups is 1. The van der Waals surface area contributed by atoms with Crippen LogP contribution >= 0.6 is 11.3 Å². The van der Waals surface area contributed by atoms with Gasteiger partial charge >= 0.3 is 6.03 Å². The van der Waals surface area contributed by atoms with Crippen LogP contribution in [-0.4, -0.2) is 17.1 Å². The number of aryl methyl sites for hydroxylation is 2. The topological polar surface area (TPSA) is 54.0 Å².